The molecule has 0 spiro atoms. The van der Waals surface area contributed by atoms with Crippen LogP contribution in [-0.2, 0) is 9.53 Å². The Balaban J connectivity index is 4.10. The molecule has 0 aromatic carbocycles. The summed E-state index contributed by atoms with van der Waals surface area (Å²) >= 11 is 0. The topological polar surface area (TPSA) is 78.9 Å². The third-order valence-electron chi connectivity index (χ3n) is 2.18. The molecule has 0 aliphatic carbocycles. The number of carboxylic acids is 1. The van der Waals surface area contributed by atoms with Crippen LogP contribution in [0.4, 0.5) is 4.79 Å². The normalized spacial score (nSPS) is 11.6. The average Bonchev–Trinajstić information content (AvgIpc) is 2.28. The number of nitrogens with one attached hydrogen (secondary N) is 1. The molecule has 0 aromatic heterocycles. The maximum Gasteiger partial charge on any atom is 0.328 e. The maximum absolute atomic E-state index is 11.6. The van der Waals surface area contributed by atoms with E-state index in [1.54, 1.807) is 13.1 Å². The van der Waals surface area contributed by atoms with Crippen molar-refractivity contribution in [2.75, 3.05) is 27.3 Å². The highest BCUT2D eigenvalue weighted by Gasteiger charge is 2.21. The molecule has 0 saturated heterocycles. The van der Waals surface area contributed by atoms with Crippen LogP contribution < -0.4 is 5.32 Å². The molecule has 0 aromatic rings. The van der Waals surface area contributed by atoms with Crippen molar-refractivity contribution in [1.82, 2.24) is 10.2 Å². The highest BCUT2D eigenvalue weighted by Crippen LogP contribution is 1.95. The van der Waals surface area contributed by atoms with Crippen LogP contribution in [0.2, 0.25) is 0 Å². The number of methoxy groups -OCH3 is 1. The van der Waals surface area contributed by atoms with Gasteiger partial charge < -0.3 is 20.1 Å². The Kier molecular flexibility index (Phi) is 7.79. The van der Waals surface area contributed by atoms with E-state index in [-0.39, 0.29) is 6.61 Å². The van der Waals surface area contributed by atoms with Gasteiger partial charge in [-0.05, 0) is 12.8 Å². The van der Waals surface area contributed by atoms with Gasteiger partial charge in [-0.1, -0.05) is 6.08 Å². The van der Waals surface area contributed by atoms with Gasteiger partial charge >= 0.3 is 12.0 Å². The van der Waals surface area contributed by atoms with E-state index in [4.69, 9.17) is 9.84 Å². The van der Waals surface area contributed by atoms with Gasteiger partial charge in [0.05, 0.1) is 6.61 Å². The zero-order chi connectivity index (χ0) is 13.3. The summed E-state index contributed by atoms with van der Waals surface area (Å²) < 4.78 is 4.72. The molecule has 0 fully saturated rings. The number of urea groups is 1. The van der Waals surface area contributed by atoms with Gasteiger partial charge in [0, 0.05) is 20.7 Å². The molecule has 0 saturated carbocycles. The summed E-state index contributed by atoms with van der Waals surface area (Å²) in [5, 5.41) is 11.2. The summed E-state index contributed by atoms with van der Waals surface area (Å²) in [4.78, 5) is 23.8. The summed E-state index contributed by atoms with van der Waals surface area (Å²) in [6.07, 6.45) is 3.39. The van der Waals surface area contributed by atoms with Crippen LogP contribution in [-0.4, -0.2) is 55.4 Å². The van der Waals surface area contributed by atoms with E-state index >= 15 is 0 Å². The molecule has 0 heterocycles. The summed E-state index contributed by atoms with van der Waals surface area (Å²) in [7, 11) is 3.00. The smallest absolute Gasteiger partial charge is 0.328 e. The zero-order valence-corrected chi connectivity index (χ0v) is 10.3. The van der Waals surface area contributed by atoms with Crippen molar-refractivity contribution in [2.45, 2.75) is 18.9 Å². The van der Waals surface area contributed by atoms with Gasteiger partial charge in [-0.3, -0.25) is 0 Å². The largest absolute Gasteiger partial charge is 0.480 e. The summed E-state index contributed by atoms with van der Waals surface area (Å²) in [6.45, 7) is 4.08. The lowest BCUT2D eigenvalue weighted by Gasteiger charge is -2.20. The third-order valence-corrected chi connectivity index (χ3v) is 2.18. The first-order chi connectivity index (χ1) is 8.02. The molecule has 0 rings (SSSR count). The zero-order valence-electron chi connectivity index (χ0n) is 10.3. The Labute approximate surface area is 101 Å². The highest BCUT2D eigenvalue weighted by molar-refractivity contribution is 5.82. The number of ether oxygens (including phenoxy) is 1. The number of carboxylic acid groups (broad SMARTS) is 1. The Hall–Kier alpha value is -1.56. The van der Waals surface area contributed by atoms with Crippen molar-refractivity contribution in [2.24, 2.45) is 0 Å². The molecule has 0 bridgehead atoms. The molecular weight excluding hydrogens is 224 g/mol. The van der Waals surface area contributed by atoms with Crippen LogP contribution in [0.5, 0.6) is 0 Å². The van der Waals surface area contributed by atoms with Gasteiger partial charge in [-0.15, -0.1) is 6.58 Å². The third kappa shape index (κ3) is 6.57. The SMILES string of the molecule is C=CCCCN(C)C(=O)NC(COC)C(=O)O. The lowest BCUT2D eigenvalue weighted by atomic mass is 10.3. The first-order valence-electron chi connectivity index (χ1n) is 5.37. The number of allylic oxidation sites excluding steroid dienone is 1. The van der Waals surface area contributed by atoms with Crippen molar-refractivity contribution < 1.29 is 19.4 Å². The van der Waals surface area contributed by atoms with E-state index < -0.39 is 18.0 Å². The molecule has 2 N–H and O–H groups in total. The average molecular weight is 244 g/mol. The van der Waals surface area contributed by atoms with Gasteiger partial charge in [-0.25, -0.2) is 9.59 Å². The lowest BCUT2D eigenvalue weighted by Crippen LogP contribution is -2.48. The summed E-state index contributed by atoms with van der Waals surface area (Å²) in [6, 6.07) is -1.44. The second-order valence-electron chi connectivity index (χ2n) is 3.65. The van der Waals surface area contributed by atoms with Crippen LogP contribution >= 0.6 is 0 Å². The number of carbonyl (C=O) groups is 2. The van der Waals surface area contributed by atoms with Crippen molar-refractivity contribution in [1.29, 1.82) is 0 Å². The molecule has 6 heteroatoms. The minimum absolute atomic E-state index is 0.0540. The van der Waals surface area contributed by atoms with Crippen LogP contribution in [0.25, 0.3) is 0 Å². The van der Waals surface area contributed by atoms with Gasteiger partial charge in [0.15, 0.2) is 6.04 Å². The molecule has 0 aliphatic rings. The van der Waals surface area contributed by atoms with Crippen LogP contribution in [0.3, 0.4) is 0 Å². The maximum atomic E-state index is 11.6. The molecule has 2 amide bonds. The van der Waals surface area contributed by atoms with E-state index in [0.717, 1.165) is 12.8 Å². The first-order valence-corrected chi connectivity index (χ1v) is 5.37. The van der Waals surface area contributed by atoms with Crippen LogP contribution in [0.1, 0.15) is 12.8 Å². The number of hydrogen-bond donors (Lipinski definition) is 2. The Bertz CT molecular complexity index is 268. The Morgan fingerprint density at radius 3 is 2.71 bits per heavy atom. The monoisotopic (exact) mass is 244 g/mol. The fourth-order valence-electron chi connectivity index (χ4n) is 1.17. The molecular formula is C11H20N2O4. The van der Waals surface area contributed by atoms with E-state index in [9.17, 15) is 9.59 Å². The predicted molar refractivity (Wildman–Crippen MR) is 63.9 cm³/mol. The van der Waals surface area contributed by atoms with Gasteiger partial charge in [0.25, 0.3) is 0 Å². The number of hydrogen-bond acceptors (Lipinski definition) is 3. The van der Waals surface area contributed by atoms with Gasteiger partial charge in [0.1, 0.15) is 0 Å². The Morgan fingerprint density at radius 2 is 2.24 bits per heavy atom. The van der Waals surface area contributed by atoms with Crippen molar-refractivity contribution >= 4 is 12.0 Å². The fraction of sp³-hybridized carbons (Fsp3) is 0.636. The molecule has 1 unspecified atom stereocenters. The first kappa shape index (κ1) is 15.4. The van der Waals surface area contributed by atoms with E-state index in [0.29, 0.717) is 6.54 Å². The minimum atomic E-state index is -1.11. The van der Waals surface area contributed by atoms with Crippen LogP contribution in [0.15, 0.2) is 12.7 Å². The number of nitrogens with zero attached hydrogens (tertiary/aromatic N) is 1. The van der Waals surface area contributed by atoms with Crippen molar-refractivity contribution in [3.63, 3.8) is 0 Å². The molecule has 17 heavy (non-hydrogen) atoms. The molecule has 0 aliphatic heterocycles. The Morgan fingerprint density at radius 1 is 1.59 bits per heavy atom. The van der Waals surface area contributed by atoms with Crippen molar-refractivity contribution in [3.05, 3.63) is 12.7 Å². The standard InChI is InChI=1S/C11H20N2O4/c1-4-5-6-7-13(2)11(16)12-9(8-17-3)10(14)15/h4,9H,1,5-8H2,2-3H3,(H,12,16)(H,14,15). The summed E-state index contributed by atoms with van der Waals surface area (Å²) in [5.74, 6) is -1.11. The van der Waals surface area contributed by atoms with E-state index in [1.165, 1.54) is 12.0 Å². The second kappa shape index (κ2) is 8.58. The predicted octanol–water partition coefficient (Wildman–Crippen LogP) is 0.694. The molecule has 0 radical (unpaired) electrons. The number of amides is 2. The molecule has 6 nitrogen and oxygen atoms in total. The molecule has 1 atom stereocenters. The number of rotatable bonds is 8. The fourth-order valence-corrected chi connectivity index (χ4v) is 1.17. The number of carbonyl (C=O) groups excluding carboxylic acids is 1. The number of aliphatic carboxylic acids is 1. The quantitative estimate of drug-likeness (QED) is 0.486. The highest BCUT2D eigenvalue weighted by atomic mass is 16.5. The molecule has 98 valence electrons. The summed E-state index contributed by atoms with van der Waals surface area (Å²) in [5.41, 5.74) is 0. The van der Waals surface area contributed by atoms with Crippen molar-refractivity contribution in [3.8, 4) is 0 Å². The van der Waals surface area contributed by atoms with Gasteiger partial charge in [0.2, 0.25) is 0 Å². The minimum Gasteiger partial charge on any atom is -0.480 e. The van der Waals surface area contributed by atoms with E-state index in [1.807, 2.05) is 0 Å². The second-order valence-corrected chi connectivity index (χ2v) is 3.65. The lowest BCUT2D eigenvalue weighted by molar-refractivity contribution is -0.140. The van der Waals surface area contributed by atoms with Crippen LogP contribution in [0, 0.1) is 0 Å². The van der Waals surface area contributed by atoms with Gasteiger partial charge in [-0.2, -0.15) is 0 Å². The number of unbranched alkanes of at least 4 members (excludes halogenated alkanes) is 1. The van der Waals surface area contributed by atoms with E-state index in [2.05, 4.69) is 11.9 Å².